The molecule has 0 aliphatic carbocycles. The third kappa shape index (κ3) is 6.18. The van der Waals surface area contributed by atoms with Crippen LogP contribution >= 0.6 is 22.6 Å². The fraction of sp³-hybridized carbons (Fsp3) is 0.211. The first-order valence-corrected chi connectivity index (χ1v) is 9.67. The van der Waals surface area contributed by atoms with E-state index in [0.717, 1.165) is 3.57 Å². The summed E-state index contributed by atoms with van der Waals surface area (Å²) in [5.41, 5.74) is -2.96. The van der Waals surface area contributed by atoms with Crippen LogP contribution in [0.4, 0.5) is 32.0 Å². The molecule has 0 atom stereocenters. The van der Waals surface area contributed by atoms with Gasteiger partial charge in [-0.05, 0) is 52.9 Å². The Morgan fingerprint density at radius 2 is 1.55 bits per heavy atom. The lowest BCUT2D eigenvalue weighted by molar-refractivity contribution is -0.143. The fourth-order valence-corrected chi connectivity index (χ4v) is 2.90. The summed E-state index contributed by atoms with van der Waals surface area (Å²) in [6.45, 7) is 0. The number of hydrogen-bond acceptors (Lipinski definition) is 4. The number of carbonyl (C=O) groups excluding carboxylic acids is 1. The summed E-state index contributed by atoms with van der Waals surface area (Å²) < 4.78 is 83.4. The Hall–Kier alpha value is -2.64. The summed E-state index contributed by atoms with van der Waals surface area (Å²) >= 11 is 2.13. The van der Waals surface area contributed by atoms with Crippen LogP contribution in [-0.4, -0.2) is 16.0 Å². The van der Waals surface area contributed by atoms with Gasteiger partial charge in [0.25, 0.3) is 0 Å². The topological polar surface area (TPSA) is 68.0 Å². The number of amides is 1. The molecule has 0 radical (unpaired) electrons. The molecule has 2 aromatic carbocycles. The van der Waals surface area contributed by atoms with Crippen LogP contribution in [0.3, 0.4) is 0 Å². The molecular weight excluding hydrogens is 543 g/mol. The van der Waals surface area contributed by atoms with Gasteiger partial charge in [0.05, 0.1) is 11.1 Å². The Labute approximate surface area is 185 Å². The Morgan fingerprint density at radius 1 is 0.968 bits per heavy atom. The van der Waals surface area contributed by atoms with Crippen LogP contribution in [0.25, 0.3) is 11.4 Å². The molecule has 31 heavy (non-hydrogen) atoms. The van der Waals surface area contributed by atoms with Crippen molar-refractivity contribution in [3.05, 3.63) is 63.1 Å². The van der Waals surface area contributed by atoms with Crippen molar-refractivity contribution in [2.24, 2.45) is 0 Å². The van der Waals surface area contributed by atoms with Crippen molar-refractivity contribution in [2.45, 2.75) is 25.2 Å². The Kier molecular flexibility index (Phi) is 6.57. The van der Waals surface area contributed by atoms with E-state index in [9.17, 15) is 31.1 Å². The predicted molar refractivity (Wildman–Crippen MR) is 106 cm³/mol. The standard InChI is InChI=1S/C19H12F6IN3O2/c20-18(21,22)11-7-12(19(23,24)25)9-14(8-11)27-15(30)5-6-16-28-17(29-31-16)10-1-3-13(26)4-2-10/h1-4,7-9H,5-6H2,(H,27,30). The van der Waals surface area contributed by atoms with Gasteiger partial charge in [-0.2, -0.15) is 31.3 Å². The lowest BCUT2D eigenvalue weighted by atomic mass is 10.1. The highest BCUT2D eigenvalue weighted by Gasteiger charge is 2.37. The molecule has 0 spiro atoms. The molecule has 3 aromatic rings. The number of anilines is 1. The average molecular weight is 555 g/mol. The SMILES string of the molecule is O=C(CCc1nc(-c2ccc(I)cc2)no1)Nc1cc(C(F)(F)F)cc(C(F)(F)F)c1. The maximum atomic E-state index is 12.9. The van der Waals surface area contributed by atoms with Gasteiger partial charge in [-0.15, -0.1) is 0 Å². The number of hydrogen-bond donors (Lipinski definition) is 1. The van der Waals surface area contributed by atoms with Gasteiger partial charge < -0.3 is 9.84 Å². The highest BCUT2D eigenvalue weighted by atomic mass is 127. The molecule has 1 aromatic heterocycles. The second kappa shape index (κ2) is 8.85. The monoisotopic (exact) mass is 555 g/mol. The molecule has 0 aliphatic heterocycles. The molecule has 1 N–H and O–H groups in total. The van der Waals surface area contributed by atoms with E-state index in [0.29, 0.717) is 23.5 Å². The van der Waals surface area contributed by atoms with Crippen molar-refractivity contribution in [3.8, 4) is 11.4 Å². The zero-order chi connectivity index (χ0) is 22.8. The first-order chi connectivity index (χ1) is 14.4. The molecule has 164 valence electrons. The third-order valence-electron chi connectivity index (χ3n) is 4.01. The van der Waals surface area contributed by atoms with Gasteiger partial charge >= 0.3 is 12.4 Å². The zero-order valence-corrected chi connectivity index (χ0v) is 17.5. The van der Waals surface area contributed by atoms with E-state index in [2.05, 4.69) is 38.0 Å². The summed E-state index contributed by atoms with van der Waals surface area (Å²) in [7, 11) is 0. The van der Waals surface area contributed by atoms with Gasteiger partial charge in [-0.3, -0.25) is 4.79 Å². The lowest BCUT2D eigenvalue weighted by Gasteiger charge is -2.14. The highest BCUT2D eigenvalue weighted by Crippen LogP contribution is 2.37. The molecule has 0 unspecified atom stereocenters. The minimum absolute atomic E-state index is 0.0137. The maximum absolute atomic E-state index is 12.9. The number of aromatic nitrogens is 2. The van der Waals surface area contributed by atoms with E-state index in [-0.39, 0.29) is 24.8 Å². The van der Waals surface area contributed by atoms with Crippen molar-refractivity contribution >= 4 is 34.2 Å². The third-order valence-corrected chi connectivity index (χ3v) is 4.73. The molecule has 12 heteroatoms. The van der Waals surface area contributed by atoms with Crippen molar-refractivity contribution in [3.63, 3.8) is 0 Å². The van der Waals surface area contributed by atoms with E-state index < -0.39 is 35.1 Å². The maximum Gasteiger partial charge on any atom is 0.416 e. The highest BCUT2D eigenvalue weighted by molar-refractivity contribution is 14.1. The molecule has 0 saturated heterocycles. The number of carbonyl (C=O) groups is 1. The molecular formula is C19H12F6IN3O2. The van der Waals surface area contributed by atoms with E-state index in [4.69, 9.17) is 4.52 Å². The zero-order valence-electron chi connectivity index (χ0n) is 15.3. The van der Waals surface area contributed by atoms with Gasteiger partial charge in [-0.25, -0.2) is 0 Å². The van der Waals surface area contributed by atoms with E-state index in [1.54, 1.807) is 12.1 Å². The van der Waals surface area contributed by atoms with Crippen LogP contribution in [0.2, 0.25) is 0 Å². The van der Waals surface area contributed by atoms with Gasteiger partial charge in [0.15, 0.2) is 0 Å². The van der Waals surface area contributed by atoms with E-state index in [1.807, 2.05) is 12.1 Å². The number of nitrogens with zero attached hydrogens (tertiary/aromatic N) is 2. The summed E-state index contributed by atoms with van der Waals surface area (Å²) in [6, 6.07) is 8.08. The van der Waals surface area contributed by atoms with Crippen molar-refractivity contribution < 1.29 is 35.7 Å². The van der Waals surface area contributed by atoms with Crippen LogP contribution in [0.1, 0.15) is 23.4 Å². The van der Waals surface area contributed by atoms with E-state index in [1.165, 1.54) is 0 Å². The fourth-order valence-electron chi connectivity index (χ4n) is 2.54. The minimum Gasteiger partial charge on any atom is -0.339 e. The van der Waals surface area contributed by atoms with E-state index >= 15 is 0 Å². The van der Waals surface area contributed by atoms with Crippen LogP contribution in [0.5, 0.6) is 0 Å². The van der Waals surface area contributed by atoms with Gasteiger partial charge in [0.2, 0.25) is 17.6 Å². The number of halogens is 7. The van der Waals surface area contributed by atoms with Gasteiger partial charge in [0, 0.05) is 27.7 Å². The van der Waals surface area contributed by atoms with Crippen LogP contribution in [0.15, 0.2) is 47.0 Å². The quantitative estimate of drug-likeness (QED) is 0.312. The summed E-state index contributed by atoms with van der Waals surface area (Å²) in [5, 5.41) is 5.84. The Bertz CT molecular complexity index is 1050. The summed E-state index contributed by atoms with van der Waals surface area (Å²) in [4.78, 5) is 16.2. The second-order valence-corrected chi connectivity index (χ2v) is 7.61. The first kappa shape index (κ1) is 23.0. The van der Waals surface area contributed by atoms with Gasteiger partial charge in [0.1, 0.15) is 0 Å². The predicted octanol–water partition coefficient (Wildman–Crippen LogP) is 5.95. The molecule has 0 saturated carbocycles. The average Bonchev–Trinajstić information content (AvgIpc) is 3.14. The van der Waals surface area contributed by atoms with Crippen molar-refractivity contribution in [1.29, 1.82) is 0 Å². The number of benzene rings is 2. The number of alkyl halides is 6. The normalized spacial score (nSPS) is 12.1. The van der Waals surface area contributed by atoms with Crippen LogP contribution in [-0.2, 0) is 23.6 Å². The summed E-state index contributed by atoms with van der Waals surface area (Å²) in [5.74, 6) is -0.412. The first-order valence-electron chi connectivity index (χ1n) is 8.60. The number of aryl methyl sites for hydroxylation is 1. The lowest BCUT2D eigenvalue weighted by Crippen LogP contribution is -2.16. The summed E-state index contributed by atoms with van der Waals surface area (Å²) in [6.07, 6.45) is -10.3. The van der Waals surface area contributed by atoms with Crippen molar-refractivity contribution in [2.75, 3.05) is 5.32 Å². The minimum atomic E-state index is -5.00. The number of rotatable bonds is 5. The molecule has 0 aliphatic rings. The molecule has 5 nitrogen and oxygen atoms in total. The molecule has 3 rings (SSSR count). The molecule has 0 fully saturated rings. The smallest absolute Gasteiger partial charge is 0.339 e. The molecule has 1 heterocycles. The molecule has 0 bridgehead atoms. The molecule has 1 amide bonds. The van der Waals surface area contributed by atoms with Crippen LogP contribution < -0.4 is 5.32 Å². The number of nitrogens with one attached hydrogen (secondary N) is 1. The van der Waals surface area contributed by atoms with Crippen LogP contribution in [0, 0.1) is 3.57 Å². The largest absolute Gasteiger partial charge is 0.416 e. The second-order valence-electron chi connectivity index (χ2n) is 6.36. The Balaban J connectivity index is 1.68. The van der Waals surface area contributed by atoms with Gasteiger partial charge in [-0.1, -0.05) is 17.3 Å². The van der Waals surface area contributed by atoms with Crippen molar-refractivity contribution in [1.82, 2.24) is 10.1 Å². The Morgan fingerprint density at radius 3 is 2.10 bits per heavy atom.